The maximum Gasteiger partial charge on any atom is 0.558 e. The summed E-state index contributed by atoms with van der Waals surface area (Å²) in [5.41, 5.74) is 0. The molecule has 1 rings (SSSR count). The molecule has 13 heavy (non-hydrogen) atoms. The quantitative estimate of drug-likeness (QED) is 0.464. The minimum absolute atomic E-state index is 0.125. The molecule has 0 aliphatic carbocycles. The van der Waals surface area contributed by atoms with E-state index in [2.05, 4.69) is 30.7 Å². The highest BCUT2D eigenvalue weighted by atomic mass is 79.9. The summed E-state index contributed by atoms with van der Waals surface area (Å²) in [6, 6.07) is 2.71. The second-order valence-corrected chi connectivity index (χ2v) is 2.74. The largest absolute Gasteiger partial charge is 0.558 e. The third-order valence-corrected chi connectivity index (χ3v) is 1.40. The number of hydrogen-bond acceptors (Lipinski definition) is 3. The number of rotatable bonds is 2. The molecule has 0 aliphatic rings. The van der Waals surface area contributed by atoms with Crippen molar-refractivity contribution >= 4 is 15.9 Å². The van der Waals surface area contributed by atoms with Crippen LogP contribution in [-0.4, -0.2) is 11.3 Å². The Bertz CT molecular complexity index is 274. The minimum atomic E-state index is -4.81. The van der Waals surface area contributed by atoms with E-state index in [-0.39, 0.29) is 5.75 Å². The van der Waals surface area contributed by atoms with Crippen LogP contribution >= 0.6 is 15.9 Å². The highest BCUT2D eigenvalue weighted by molar-refractivity contribution is 9.10. The molecular formula is C6H3BrF3NO2. The molecule has 0 unspecified atom stereocenters. The maximum atomic E-state index is 11.4. The molecule has 0 fully saturated rings. The van der Waals surface area contributed by atoms with Crippen molar-refractivity contribution in [2.75, 3.05) is 0 Å². The number of pyridine rings is 1. The fourth-order valence-corrected chi connectivity index (χ4v) is 0.741. The van der Waals surface area contributed by atoms with Crippen LogP contribution in [0.4, 0.5) is 13.2 Å². The van der Waals surface area contributed by atoms with Crippen LogP contribution in [0.1, 0.15) is 0 Å². The monoisotopic (exact) mass is 257 g/mol. The van der Waals surface area contributed by atoms with Crippen molar-refractivity contribution < 1.29 is 22.9 Å². The molecule has 0 spiro atoms. The van der Waals surface area contributed by atoms with E-state index in [9.17, 15) is 13.2 Å². The van der Waals surface area contributed by atoms with Gasteiger partial charge >= 0.3 is 6.36 Å². The van der Waals surface area contributed by atoms with Crippen molar-refractivity contribution in [3.05, 3.63) is 22.9 Å². The van der Waals surface area contributed by atoms with E-state index >= 15 is 0 Å². The summed E-state index contributed by atoms with van der Waals surface area (Å²) < 4.78 is 34.8. The average Bonchev–Trinajstić information content (AvgIpc) is 2.02. The van der Waals surface area contributed by atoms with E-state index in [1.165, 1.54) is 12.1 Å². The van der Waals surface area contributed by atoms with E-state index in [1.807, 2.05) is 0 Å². The molecule has 7 heteroatoms. The number of nitrogens with zero attached hydrogens (tertiary/aromatic N) is 1. The molecule has 0 aromatic carbocycles. The smallest absolute Gasteiger partial charge is 0.328 e. The predicted octanol–water partition coefficient (Wildman–Crippen LogP) is 2.67. The van der Waals surface area contributed by atoms with Gasteiger partial charge in [0.05, 0.1) is 6.20 Å². The number of alkyl halides is 3. The van der Waals surface area contributed by atoms with Crippen molar-refractivity contribution in [2.24, 2.45) is 0 Å². The van der Waals surface area contributed by atoms with Gasteiger partial charge in [-0.3, -0.25) is 0 Å². The molecule has 0 saturated heterocycles. The van der Waals surface area contributed by atoms with Crippen LogP contribution in [0.2, 0.25) is 0 Å². The van der Waals surface area contributed by atoms with Gasteiger partial charge in [-0.25, -0.2) is 4.98 Å². The van der Waals surface area contributed by atoms with Crippen LogP contribution in [0, 0.1) is 0 Å². The highest BCUT2D eigenvalue weighted by Gasteiger charge is 2.32. The first-order chi connectivity index (χ1) is 5.97. The Hall–Kier alpha value is -0.820. The van der Waals surface area contributed by atoms with E-state index in [1.54, 1.807) is 0 Å². The van der Waals surface area contributed by atoms with Crippen LogP contribution in [0.5, 0.6) is 5.75 Å². The SMILES string of the molecule is FC(F)(F)OOc1ccc(Br)nc1. The van der Waals surface area contributed by atoms with Gasteiger partial charge in [-0.05, 0) is 28.1 Å². The Morgan fingerprint density at radius 1 is 1.31 bits per heavy atom. The van der Waals surface area contributed by atoms with Crippen molar-refractivity contribution in [3.63, 3.8) is 0 Å². The molecule has 0 saturated carbocycles. The fraction of sp³-hybridized carbons (Fsp3) is 0.167. The van der Waals surface area contributed by atoms with E-state index < -0.39 is 6.36 Å². The molecule has 1 heterocycles. The Morgan fingerprint density at radius 2 is 2.00 bits per heavy atom. The fourth-order valence-electron chi connectivity index (χ4n) is 0.507. The van der Waals surface area contributed by atoms with Crippen molar-refractivity contribution in [1.29, 1.82) is 0 Å². The zero-order chi connectivity index (χ0) is 9.90. The van der Waals surface area contributed by atoms with Gasteiger partial charge in [-0.2, -0.15) is 0 Å². The molecule has 3 nitrogen and oxygen atoms in total. The third kappa shape index (κ3) is 4.09. The second-order valence-electron chi connectivity index (χ2n) is 1.93. The molecular weight excluding hydrogens is 255 g/mol. The van der Waals surface area contributed by atoms with Gasteiger partial charge in [0, 0.05) is 0 Å². The summed E-state index contributed by atoms with van der Waals surface area (Å²) in [4.78, 5) is 10.6. The van der Waals surface area contributed by atoms with Gasteiger partial charge < -0.3 is 4.89 Å². The Morgan fingerprint density at radius 3 is 2.46 bits per heavy atom. The molecule has 0 amide bonds. The summed E-state index contributed by atoms with van der Waals surface area (Å²) in [5.74, 6) is -0.125. The Balaban J connectivity index is 2.51. The van der Waals surface area contributed by atoms with E-state index in [4.69, 9.17) is 0 Å². The Labute approximate surface area is 79.5 Å². The standard InChI is InChI=1S/C6H3BrF3NO2/c7-5-2-1-4(3-11-5)12-13-6(8,9)10/h1-3H. The van der Waals surface area contributed by atoms with E-state index in [0.717, 1.165) is 6.20 Å². The first kappa shape index (κ1) is 10.3. The van der Waals surface area contributed by atoms with Crippen molar-refractivity contribution in [2.45, 2.75) is 6.36 Å². The third-order valence-electron chi connectivity index (χ3n) is 0.933. The lowest BCUT2D eigenvalue weighted by Crippen LogP contribution is -2.15. The second kappa shape index (κ2) is 3.93. The van der Waals surface area contributed by atoms with Gasteiger partial charge in [-0.15, -0.1) is 13.2 Å². The van der Waals surface area contributed by atoms with Gasteiger partial charge in [0.15, 0.2) is 5.75 Å². The van der Waals surface area contributed by atoms with Gasteiger partial charge in [0.2, 0.25) is 0 Å². The average molecular weight is 258 g/mol. The lowest BCUT2D eigenvalue weighted by molar-refractivity contribution is -0.444. The summed E-state index contributed by atoms with van der Waals surface area (Å²) in [5, 5.41) is 0. The van der Waals surface area contributed by atoms with Crippen LogP contribution in [0.25, 0.3) is 0 Å². The summed E-state index contributed by atoms with van der Waals surface area (Å²) >= 11 is 3.01. The highest BCUT2D eigenvalue weighted by Crippen LogP contribution is 2.19. The number of halogens is 4. The van der Waals surface area contributed by atoms with Crippen LogP contribution in [0.15, 0.2) is 22.9 Å². The van der Waals surface area contributed by atoms with Crippen molar-refractivity contribution in [1.82, 2.24) is 4.98 Å². The van der Waals surface area contributed by atoms with Gasteiger partial charge in [0.1, 0.15) is 4.60 Å². The summed E-state index contributed by atoms with van der Waals surface area (Å²) in [6.07, 6.45) is -3.72. The normalized spacial score (nSPS) is 11.4. The van der Waals surface area contributed by atoms with Crippen LogP contribution in [0.3, 0.4) is 0 Å². The summed E-state index contributed by atoms with van der Waals surface area (Å²) in [7, 11) is 0. The van der Waals surface area contributed by atoms with E-state index in [0.29, 0.717) is 4.60 Å². The van der Waals surface area contributed by atoms with Gasteiger partial charge in [-0.1, -0.05) is 4.89 Å². The van der Waals surface area contributed by atoms with Gasteiger partial charge in [0.25, 0.3) is 0 Å². The minimum Gasteiger partial charge on any atom is -0.328 e. The number of hydrogen-bond donors (Lipinski definition) is 0. The molecule has 1 aromatic heterocycles. The molecule has 0 atom stereocenters. The first-order valence-electron chi connectivity index (χ1n) is 3.01. The van der Waals surface area contributed by atoms with Crippen LogP contribution < -0.4 is 4.89 Å². The molecule has 0 N–H and O–H groups in total. The molecule has 0 bridgehead atoms. The lowest BCUT2D eigenvalue weighted by atomic mass is 10.5. The lowest BCUT2D eigenvalue weighted by Gasteiger charge is -2.05. The number of aromatic nitrogens is 1. The first-order valence-corrected chi connectivity index (χ1v) is 3.81. The molecule has 72 valence electrons. The van der Waals surface area contributed by atoms with Crippen LogP contribution in [-0.2, 0) is 4.89 Å². The zero-order valence-electron chi connectivity index (χ0n) is 6.01. The van der Waals surface area contributed by atoms with Crippen molar-refractivity contribution in [3.8, 4) is 5.75 Å². The topological polar surface area (TPSA) is 31.4 Å². The maximum absolute atomic E-state index is 11.4. The predicted molar refractivity (Wildman–Crippen MR) is 39.7 cm³/mol. The molecule has 1 aromatic rings. The molecule has 0 radical (unpaired) electrons. The summed E-state index contributed by atoms with van der Waals surface area (Å²) in [6.45, 7) is 0. The molecule has 0 aliphatic heterocycles. The zero-order valence-corrected chi connectivity index (χ0v) is 7.59. The Kier molecular flexibility index (Phi) is 3.10.